The highest BCUT2D eigenvalue weighted by Gasteiger charge is 2.46. The van der Waals surface area contributed by atoms with Gasteiger partial charge in [-0.25, -0.2) is 13.8 Å². The van der Waals surface area contributed by atoms with Crippen molar-refractivity contribution in [2.45, 2.75) is 38.5 Å². The molecule has 1 saturated heterocycles. The summed E-state index contributed by atoms with van der Waals surface area (Å²) < 4.78 is 28.1. The fourth-order valence-electron chi connectivity index (χ4n) is 5.21. The Morgan fingerprint density at radius 2 is 1.95 bits per heavy atom. The molecule has 14 heteroatoms. The standard InChI is InChI=1S/C26H29FN6O6S/c1-15-20-21(35)32(26(2)7-10-30(3)24(26)36)25(37)31(23(20)40-22(15)33-28-8-9-29-33)14-19(39-12-11-34)17-13-16(27)5-6-18(17)38-4/h5-6,8-9,13,19,34H,7,10-12,14H2,1-4H3/t19-,26-/m0/s1. The van der Waals surface area contributed by atoms with Gasteiger partial charge in [0.1, 0.15) is 33.0 Å². The van der Waals surface area contributed by atoms with Crippen LogP contribution in [0.25, 0.3) is 15.2 Å². The second-order valence-electron chi connectivity index (χ2n) is 9.78. The Hall–Kier alpha value is -3.88. The summed E-state index contributed by atoms with van der Waals surface area (Å²) in [6.45, 7) is 3.12. The molecule has 0 radical (unpaired) electrons. The molecule has 1 aliphatic rings. The number of nitrogens with zero attached hydrogens (tertiary/aromatic N) is 6. The van der Waals surface area contributed by atoms with E-state index >= 15 is 0 Å². The number of aliphatic hydroxyl groups excluding tert-OH is 1. The van der Waals surface area contributed by atoms with Crippen LogP contribution in [0.15, 0.2) is 40.2 Å². The fraction of sp³-hybridized carbons (Fsp3) is 0.423. The summed E-state index contributed by atoms with van der Waals surface area (Å²) in [7, 11) is 3.06. The van der Waals surface area contributed by atoms with Crippen molar-refractivity contribution in [3.63, 3.8) is 0 Å². The Labute approximate surface area is 231 Å². The molecule has 212 valence electrons. The zero-order valence-corrected chi connectivity index (χ0v) is 23.3. The van der Waals surface area contributed by atoms with Gasteiger partial charge in [0, 0.05) is 24.7 Å². The van der Waals surface area contributed by atoms with Gasteiger partial charge in [-0.15, -0.1) is 4.80 Å². The van der Waals surface area contributed by atoms with Gasteiger partial charge in [-0.05, 0) is 38.5 Å². The lowest BCUT2D eigenvalue weighted by Gasteiger charge is -2.27. The molecule has 1 amide bonds. The third-order valence-electron chi connectivity index (χ3n) is 7.32. The summed E-state index contributed by atoms with van der Waals surface area (Å²) >= 11 is 1.14. The Morgan fingerprint density at radius 3 is 2.58 bits per heavy atom. The van der Waals surface area contributed by atoms with Crippen LogP contribution in [-0.2, 0) is 21.6 Å². The van der Waals surface area contributed by atoms with Crippen molar-refractivity contribution in [1.29, 1.82) is 0 Å². The molecule has 5 rings (SSSR count). The quantitative estimate of drug-likeness (QED) is 0.320. The number of rotatable bonds is 9. The van der Waals surface area contributed by atoms with E-state index in [9.17, 15) is 23.9 Å². The topological polar surface area (TPSA) is 134 Å². The highest BCUT2D eigenvalue weighted by Crippen LogP contribution is 2.35. The summed E-state index contributed by atoms with van der Waals surface area (Å²) in [5.74, 6) is -0.563. The maximum atomic E-state index is 14.4. The van der Waals surface area contributed by atoms with Gasteiger partial charge in [0.05, 0.1) is 44.6 Å². The Balaban J connectivity index is 1.80. The number of hydrogen-bond acceptors (Lipinski definition) is 9. The zero-order chi connectivity index (χ0) is 28.8. The molecular formula is C26H29FN6O6S. The SMILES string of the molecule is COc1ccc(F)cc1[C@H](Cn1c(=O)n([C@@]2(C)CCN(C)C2=O)c(=O)c2c(C)c(-n3nccn3)sc21)OCCO. The number of aryl methyl sites for hydroxylation is 1. The van der Waals surface area contributed by atoms with Crippen LogP contribution < -0.4 is 16.0 Å². The van der Waals surface area contributed by atoms with Crippen molar-refractivity contribution in [2.24, 2.45) is 0 Å². The van der Waals surface area contributed by atoms with E-state index in [0.29, 0.717) is 33.3 Å². The molecule has 4 heterocycles. The number of fused-ring (bicyclic) bond motifs is 1. The number of aliphatic hydroxyl groups is 1. The van der Waals surface area contributed by atoms with E-state index in [1.54, 1.807) is 20.9 Å². The van der Waals surface area contributed by atoms with Crippen molar-refractivity contribution in [3.05, 3.63) is 68.4 Å². The average molecular weight is 573 g/mol. The molecule has 4 aromatic rings. The van der Waals surface area contributed by atoms with Crippen LogP contribution in [0.2, 0.25) is 0 Å². The molecule has 0 saturated carbocycles. The molecule has 1 fully saturated rings. The number of hydrogen-bond donors (Lipinski definition) is 1. The van der Waals surface area contributed by atoms with Crippen molar-refractivity contribution in [3.8, 4) is 10.8 Å². The summed E-state index contributed by atoms with van der Waals surface area (Å²) in [6.07, 6.45) is 2.31. The number of halogens is 1. The molecule has 0 aliphatic carbocycles. The molecule has 0 spiro atoms. The van der Waals surface area contributed by atoms with Crippen LogP contribution >= 0.6 is 11.3 Å². The molecule has 3 aromatic heterocycles. The lowest BCUT2D eigenvalue weighted by Crippen LogP contribution is -2.53. The molecule has 0 unspecified atom stereocenters. The number of likely N-dealkylation sites (N-methyl/N-ethyl adjacent to an activating group) is 1. The van der Waals surface area contributed by atoms with E-state index in [-0.39, 0.29) is 37.5 Å². The molecule has 2 atom stereocenters. The number of amides is 1. The van der Waals surface area contributed by atoms with Crippen molar-refractivity contribution in [2.75, 3.05) is 33.9 Å². The molecule has 12 nitrogen and oxygen atoms in total. The van der Waals surface area contributed by atoms with E-state index < -0.39 is 28.7 Å². The minimum absolute atomic E-state index is 0.102. The van der Waals surface area contributed by atoms with Gasteiger partial charge in [0.15, 0.2) is 0 Å². The van der Waals surface area contributed by atoms with Gasteiger partial charge >= 0.3 is 5.69 Å². The van der Waals surface area contributed by atoms with E-state index in [1.165, 1.54) is 52.0 Å². The molecule has 0 bridgehead atoms. The van der Waals surface area contributed by atoms with E-state index in [2.05, 4.69) is 10.2 Å². The number of methoxy groups -OCH3 is 1. The first-order chi connectivity index (χ1) is 19.1. The first kappa shape index (κ1) is 27.7. The smallest absolute Gasteiger partial charge is 0.333 e. The molecule has 1 aliphatic heterocycles. The summed E-state index contributed by atoms with van der Waals surface area (Å²) in [4.78, 5) is 44.7. The first-order valence-electron chi connectivity index (χ1n) is 12.6. The van der Waals surface area contributed by atoms with E-state index in [4.69, 9.17) is 9.47 Å². The second-order valence-corrected chi connectivity index (χ2v) is 10.8. The van der Waals surface area contributed by atoms with Crippen LogP contribution in [0.1, 0.15) is 30.6 Å². The number of carbonyl (C=O) groups is 1. The summed E-state index contributed by atoms with van der Waals surface area (Å²) in [6, 6.07) is 3.93. The maximum absolute atomic E-state index is 14.4. The average Bonchev–Trinajstić information content (AvgIpc) is 3.64. The molecule has 1 aromatic carbocycles. The minimum atomic E-state index is -1.41. The summed E-state index contributed by atoms with van der Waals surface area (Å²) in [5, 5.41) is 18.6. The Kier molecular flexibility index (Phi) is 7.33. The largest absolute Gasteiger partial charge is 0.496 e. The highest BCUT2D eigenvalue weighted by molar-refractivity contribution is 7.21. The molecular weight excluding hydrogens is 543 g/mol. The van der Waals surface area contributed by atoms with Gasteiger partial charge in [-0.1, -0.05) is 11.3 Å². The van der Waals surface area contributed by atoms with Crippen LogP contribution in [0, 0.1) is 12.7 Å². The predicted molar refractivity (Wildman–Crippen MR) is 145 cm³/mol. The van der Waals surface area contributed by atoms with E-state index in [1.807, 2.05) is 0 Å². The summed E-state index contributed by atoms with van der Waals surface area (Å²) in [5.41, 5.74) is -1.85. The van der Waals surface area contributed by atoms with Crippen molar-refractivity contribution >= 4 is 27.5 Å². The molecule has 40 heavy (non-hydrogen) atoms. The number of thiophene rings is 1. The van der Waals surface area contributed by atoms with Gasteiger partial charge in [0.25, 0.3) is 5.56 Å². The van der Waals surface area contributed by atoms with Gasteiger partial charge in [-0.2, -0.15) is 10.2 Å². The Morgan fingerprint density at radius 1 is 1.23 bits per heavy atom. The maximum Gasteiger partial charge on any atom is 0.333 e. The zero-order valence-electron chi connectivity index (χ0n) is 22.5. The second kappa shape index (κ2) is 10.6. The third kappa shape index (κ3) is 4.41. The van der Waals surface area contributed by atoms with Gasteiger partial charge < -0.3 is 19.5 Å². The van der Waals surface area contributed by atoms with Crippen LogP contribution in [0.3, 0.4) is 0 Å². The van der Waals surface area contributed by atoms with Crippen LogP contribution in [-0.4, -0.2) is 74.0 Å². The van der Waals surface area contributed by atoms with Gasteiger partial charge in [-0.3, -0.25) is 14.2 Å². The normalized spacial score (nSPS) is 18.1. The predicted octanol–water partition coefficient (Wildman–Crippen LogP) is 1.59. The number of benzene rings is 1. The Bertz CT molecular complexity index is 1700. The number of aromatic nitrogens is 5. The molecule has 1 N–H and O–H groups in total. The number of ether oxygens (including phenoxy) is 2. The fourth-order valence-corrected chi connectivity index (χ4v) is 6.43. The van der Waals surface area contributed by atoms with Crippen LogP contribution in [0.4, 0.5) is 4.39 Å². The minimum Gasteiger partial charge on any atom is -0.496 e. The van der Waals surface area contributed by atoms with Crippen molar-refractivity contribution < 1.29 is 23.8 Å². The first-order valence-corrected chi connectivity index (χ1v) is 13.4. The monoisotopic (exact) mass is 572 g/mol. The lowest BCUT2D eigenvalue weighted by molar-refractivity contribution is -0.133. The van der Waals surface area contributed by atoms with E-state index in [0.717, 1.165) is 15.9 Å². The number of carbonyl (C=O) groups excluding carboxylic acids is 1. The number of likely N-dealkylation sites (tertiary alicyclic amines) is 1. The highest BCUT2D eigenvalue weighted by atomic mass is 32.1. The van der Waals surface area contributed by atoms with Crippen LogP contribution in [0.5, 0.6) is 5.75 Å². The van der Waals surface area contributed by atoms with Gasteiger partial charge in [0.2, 0.25) is 5.91 Å². The van der Waals surface area contributed by atoms with Crippen molar-refractivity contribution in [1.82, 2.24) is 29.0 Å². The lowest BCUT2D eigenvalue weighted by atomic mass is 10.00. The third-order valence-corrected chi connectivity index (χ3v) is 8.60.